The average Bonchev–Trinajstić information content (AvgIpc) is 3.01. The van der Waals surface area contributed by atoms with Gasteiger partial charge in [-0.3, -0.25) is 4.79 Å². The number of hydrogen-bond acceptors (Lipinski definition) is 5. The fourth-order valence-electron chi connectivity index (χ4n) is 2.75. The molecule has 2 aromatic carbocycles. The van der Waals surface area contributed by atoms with Crippen LogP contribution in [0.4, 0.5) is 5.69 Å². The van der Waals surface area contributed by atoms with Crippen molar-refractivity contribution in [2.45, 2.75) is 19.0 Å². The van der Waals surface area contributed by atoms with E-state index in [-0.39, 0.29) is 11.7 Å². The summed E-state index contributed by atoms with van der Waals surface area (Å²) >= 11 is 1.27. The number of carbonyl (C=O) groups is 1. The van der Waals surface area contributed by atoms with Crippen molar-refractivity contribution in [1.29, 1.82) is 0 Å². The molecule has 130 valence electrons. The minimum absolute atomic E-state index is 0.0935. The lowest BCUT2D eigenvalue weighted by Crippen LogP contribution is -2.15. The molecule has 6 nitrogen and oxygen atoms in total. The number of thioether (sulfide) groups is 1. The van der Waals surface area contributed by atoms with Crippen molar-refractivity contribution >= 4 is 45.4 Å². The maximum absolute atomic E-state index is 12.2. The first kappa shape index (κ1) is 16.5. The first-order valence-corrected chi connectivity index (χ1v) is 9.20. The summed E-state index contributed by atoms with van der Waals surface area (Å²) in [5.74, 6) is 0.130. The summed E-state index contributed by atoms with van der Waals surface area (Å²) in [7, 11) is 0. The van der Waals surface area contributed by atoms with Gasteiger partial charge in [-0.1, -0.05) is 42.1 Å². The van der Waals surface area contributed by atoms with Crippen molar-refractivity contribution in [3.63, 3.8) is 0 Å². The van der Waals surface area contributed by atoms with Gasteiger partial charge in [0, 0.05) is 16.6 Å². The Balaban J connectivity index is 1.48. The Kier molecular flexibility index (Phi) is 4.30. The summed E-state index contributed by atoms with van der Waals surface area (Å²) < 4.78 is 0. The number of H-pyrrole nitrogens is 1. The van der Waals surface area contributed by atoms with Crippen LogP contribution in [-0.2, 0) is 4.79 Å². The van der Waals surface area contributed by atoms with Crippen LogP contribution in [-0.4, -0.2) is 31.8 Å². The number of hydrogen-bond donors (Lipinski definition) is 2. The predicted molar refractivity (Wildman–Crippen MR) is 104 cm³/mol. The number of nitrogens with one attached hydrogen (secondary N) is 2. The third-order valence-corrected chi connectivity index (χ3v) is 4.94. The summed E-state index contributed by atoms with van der Waals surface area (Å²) in [4.78, 5) is 19.9. The van der Waals surface area contributed by atoms with Gasteiger partial charge < -0.3 is 10.3 Å². The molecule has 0 aliphatic rings. The Bertz CT molecular complexity index is 1120. The van der Waals surface area contributed by atoms with E-state index in [0.29, 0.717) is 10.8 Å². The lowest BCUT2D eigenvalue weighted by molar-refractivity contribution is -0.113. The van der Waals surface area contributed by atoms with E-state index in [4.69, 9.17) is 0 Å². The van der Waals surface area contributed by atoms with Crippen molar-refractivity contribution in [1.82, 2.24) is 20.2 Å². The Morgan fingerprint density at radius 2 is 2.00 bits per heavy atom. The van der Waals surface area contributed by atoms with Crippen LogP contribution in [0.1, 0.15) is 11.1 Å². The van der Waals surface area contributed by atoms with Crippen molar-refractivity contribution in [2.24, 2.45) is 0 Å². The highest BCUT2D eigenvalue weighted by Gasteiger charge is 2.11. The Labute approximate surface area is 154 Å². The molecule has 0 saturated heterocycles. The highest BCUT2D eigenvalue weighted by atomic mass is 32.2. The van der Waals surface area contributed by atoms with Crippen LogP contribution in [0, 0.1) is 13.8 Å². The molecule has 0 aliphatic carbocycles. The van der Waals surface area contributed by atoms with Gasteiger partial charge in [0.05, 0.1) is 5.75 Å². The summed E-state index contributed by atoms with van der Waals surface area (Å²) in [6.45, 7) is 3.97. The number of benzene rings is 2. The molecule has 0 radical (unpaired) electrons. The number of anilines is 1. The van der Waals surface area contributed by atoms with Crippen LogP contribution in [0.5, 0.6) is 0 Å². The molecule has 0 unspecified atom stereocenters. The molecule has 0 aliphatic heterocycles. The van der Waals surface area contributed by atoms with Gasteiger partial charge in [-0.15, -0.1) is 10.2 Å². The van der Waals surface area contributed by atoms with Crippen molar-refractivity contribution in [3.8, 4) is 0 Å². The molecule has 0 saturated carbocycles. The van der Waals surface area contributed by atoms with Crippen molar-refractivity contribution in [2.75, 3.05) is 11.1 Å². The highest BCUT2D eigenvalue weighted by molar-refractivity contribution is 7.99. The second-order valence-corrected chi connectivity index (χ2v) is 7.06. The normalized spacial score (nSPS) is 11.2. The van der Waals surface area contributed by atoms with E-state index in [2.05, 4.69) is 25.5 Å². The van der Waals surface area contributed by atoms with Crippen LogP contribution in [0.3, 0.4) is 0 Å². The lowest BCUT2D eigenvalue weighted by Gasteiger charge is -2.08. The van der Waals surface area contributed by atoms with Crippen LogP contribution in [0.25, 0.3) is 22.1 Å². The quantitative estimate of drug-likeness (QED) is 0.538. The first-order valence-electron chi connectivity index (χ1n) is 8.21. The molecule has 0 fully saturated rings. The topological polar surface area (TPSA) is 83.6 Å². The predicted octanol–water partition coefficient (Wildman–Crippen LogP) is 3.85. The van der Waals surface area contributed by atoms with Crippen LogP contribution >= 0.6 is 11.8 Å². The first-order chi connectivity index (χ1) is 12.6. The molecule has 0 atom stereocenters. The average molecular weight is 363 g/mol. The molecule has 2 heterocycles. The van der Waals surface area contributed by atoms with Crippen molar-refractivity contribution < 1.29 is 4.79 Å². The van der Waals surface area contributed by atoms with E-state index < -0.39 is 0 Å². The van der Waals surface area contributed by atoms with Crippen molar-refractivity contribution in [3.05, 3.63) is 53.6 Å². The number of amides is 1. The van der Waals surface area contributed by atoms with Gasteiger partial charge in [0.1, 0.15) is 5.52 Å². The molecule has 4 rings (SSSR count). The summed E-state index contributed by atoms with van der Waals surface area (Å²) in [6, 6.07) is 13.9. The largest absolute Gasteiger partial charge is 0.338 e. The summed E-state index contributed by atoms with van der Waals surface area (Å²) in [5, 5.41) is 12.8. The molecule has 4 aromatic rings. The zero-order chi connectivity index (χ0) is 18.1. The minimum atomic E-state index is -0.0935. The fourth-order valence-corrected chi connectivity index (χ4v) is 3.34. The van der Waals surface area contributed by atoms with Crippen LogP contribution in [0.15, 0.2) is 47.6 Å². The molecule has 0 bridgehead atoms. The van der Waals surface area contributed by atoms with E-state index in [1.54, 1.807) is 0 Å². The van der Waals surface area contributed by atoms with Gasteiger partial charge in [-0.2, -0.15) is 0 Å². The molecular weight excluding hydrogens is 346 g/mol. The third-order valence-electron chi connectivity index (χ3n) is 4.10. The summed E-state index contributed by atoms with van der Waals surface area (Å²) in [6.07, 6.45) is 0. The third kappa shape index (κ3) is 3.25. The SMILES string of the molecule is Cc1ccc(C)c(NC(=O)CSc2nnc3c(n2)[nH]c2ccccc23)c1. The number of carbonyl (C=O) groups excluding carboxylic acids is 1. The maximum Gasteiger partial charge on any atom is 0.234 e. The zero-order valence-corrected chi connectivity index (χ0v) is 15.2. The lowest BCUT2D eigenvalue weighted by atomic mass is 10.1. The van der Waals surface area contributed by atoms with E-state index in [1.165, 1.54) is 11.8 Å². The van der Waals surface area contributed by atoms with Crippen LogP contribution in [0.2, 0.25) is 0 Å². The number of aromatic amines is 1. The summed E-state index contributed by atoms with van der Waals surface area (Å²) in [5.41, 5.74) is 5.37. The van der Waals surface area contributed by atoms with E-state index in [9.17, 15) is 4.79 Å². The van der Waals surface area contributed by atoms with Gasteiger partial charge >= 0.3 is 0 Å². The smallest absolute Gasteiger partial charge is 0.234 e. The van der Waals surface area contributed by atoms with E-state index in [0.717, 1.165) is 33.2 Å². The van der Waals surface area contributed by atoms with Gasteiger partial charge in [0.15, 0.2) is 5.65 Å². The maximum atomic E-state index is 12.2. The van der Waals surface area contributed by atoms with Crippen LogP contribution < -0.4 is 5.32 Å². The Morgan fingerprint density at radius 3 is 2.88 bits per heavy atom. The molecule has 2 N–H and O–H groups in total. The number of rotatable bonds is 4. The standard InChI is InChI=1S/C19H17N5OS/c1-11-7-8-12(2)15(9-11)20-16(25)10-26-19-22-18-17(23-24-19)13-5-3-4-6-14(13)21-18/h3-9H,10H2,1-2H3,(H,20,25)(H,21,22,24). The number of aryl methyl sites for hydroxylation is 2. The molecule has 26 heavy (non-hydrogen) atoms. The zero-order valence-electron chi connectivity index (χ0n) is 14.4. The number of nitrogens with zero attached hydrogens (tertiary/aromatic N) is 3. The monoisotopic (exact) mass is 363 g/mol. The number of para-hydroxylation sites is 1. The number of fused-ring (bicyclic) bond motifs is 3. The molecular formula is C19H17N5OS. The molecule has 1 amide bonds. The van der Waals surface area contributed by atoms with E-state index >= 15 is 0 Å². The highest BCUT2D eigenvalue weighted by Crippen LogP contribution is 2.23. The van der Waals surface area contributed by atoms with Gasteiger partial charge in [-0.25, -0.2) is 4.98 Å². The second-order valence-electron chi connectivity index (χ2n) is 6.12. The molecule has 7 heteroatoms. The van der Waals surface area contributed by atoms with Gasteiger partial charge in [0.25, 0.3) is 0 Å². The Hall–Kier alpha value is -2.93. The van der Waals surface area contributed by atoms with E-state index in [1.807, 2.05) is 56.3 Å². The molecule has 0 spiro atoms. The second kappa shape index (κ2) is 6.76. The van der Waals surface area contributed by atoms with Gasteiger partial charge in [-0.05, 0) is 37.1 Å². The van der Waals surface area contributed by atoms with Gasteiger partial charge in [0.2, 0.25) is 11.1 Å². The molecule has 2 aromatic heterocycles. The minimum Gasteiger partial charge on any atom is -0.338 e. The number of aromatic nitrogens is 4. The Morgan fingerprint density at radius 1 is 1.15 bits per heavy atom. The fraction of sp³-hybridized carbons (Fsp3) is 0.158.